The molecule has 0 aliphatic heterocycles. The number of methoxy groups -OCH3 is 1. The van der Waals surface area contributed by atoms with Gasteiger partial charge in [0.05, 0.1) is 17.0 Å². The third-order valence-corrected chi connectivity index (χ3v) is 4.89. The molecular weight excluding hydrogens is 309 g/mol. The van der Waals surface area contributed by atoms with Gasteiger partial charge in [-0.1, -0.05) is 11.6 Å². The third kappa shape index (κ3) is 3.68. The molecule has 0 radical (unpaired) electrons. The maximum Gasteiger partial charge on any atom is 0.321 e. The van der Waals surface area contributed by atoms with Gasteiger partial charge in [-0.15, -0.1) is 0 Å². The van der Waals surface area contributed by atoms with Gasteiger partial charge < -0.3 is 4.74 Å². The van der Waals surface area contributed by atoms with Crippen molar-refractivity contribution in [1.29, 1.82) is 0 Å². The van der Waals surface area contributed by atoms with E-state index in [-0.39, 0.29) is 9.92 Å². The van der Waals surface area contributed by atoms with Crippen molar-refractivity contribution >= 4 is 27.6 Å². The van der Waals surface area contributed by atoms with Gasteiger partial charge in [0, 0.05) is 6.04 Å². The molecule has 20 heavy (non-hydrogen) atoms. The van der Waals surface area contributed by atoms with Gasteiger partial charge in [0.15, 0.2) is 0 Å². The number of benzene rings is 1. The van der Waals surface area contributed by atoms with Gasteiger partial charge in [-0.2, -0.15) is 4.31 Å². The molecule has 0 heterocycles. The van der Waals surface area contributed by atoms with Gasteiger partial charge in [0.25, 0.3) is 0 Å². The lowest BCUT2D eigenvalue weighted by Crippen LogP contribution is -2.41. The number of nitrogens with zero attached hydrogens (tertiary/aromatic N) is 1. The van der Waals surface area contributed by atoms with Crippen LogP contribution in [0.5, 0.6) is 0 Å². The number of halogens is 2. The summed E-state index contributed by atoms with van der Waals surface area (Å²) in [5.41, 5.74) is 0. The highest BCUT2D eigenvalue weighted by Crippen LogP contribution is 2.23. The number of esters is 1. The Hall–Kier alpha value is -1.18. The van der Waals surface area contributed by atoms with Gasteiger partial charge in [0.1, 0.15) is 12.4 Å². The monoisotopic (exact) mass is 323 g/mol. The summed E-state index contributed by atoms with van der Waals surface area (Å²) in [6.07, 6.45) is 0. The van der Waals surface area contributed by atoms with Crippen LogP contribution in [0.2, 0.25) is 5.02 Å². The van der Waals surface area contributed by atoms with Gasteiger partial charge >= 0.3 is 5.97 Å². The molecule has 8 heteroatoms. The van der Waals surface area contributed by atoms with Crippen molar-refractivity contribution in [2.24, 2.45) is 0 Å². The Labute approximate surface area is 122 Å². The van der Waals surface area contributed by atoms with Crippen molar-refractivity contribution in [3.63, 3.8) is 0 Å². The molecule has 1 aromatic rings. The van der Waals surface area contributed by atoms with Crippen LogP contribution >= 0.6 is 11.6 Å². The first-order chi connectivity index (χ1) is 9.20. The minimum atomic E-state index is -3.96. The zero-order chi connectivity index (χ0) is 15.5. The lowest BCUT2D eigenvalue weighted by Gasteiger charge is -2.24. The first-order valence-electron chi connectivity index (χ1n) is 5.74. The quantitative estimate of drug-likeness (QED) is 0.778. The molecule has 0 amide bonds. The molecule has 112 valence electrons. The van der Waals surface area contributed by atoms with Crippen LogP contribution in [0.15, 0.2) is 23.1 Å². The van der Waals surface area contributed by atoms with Crippen molar-refractivity contribution in [3.05, 3.63) is 29.0 Å². The molecule has 0 saturated carbocycles. The van der Waals surface area contributed by atoms with Crippen LogP contribution in [0.3, 0.4) is 0 Å². The molecule has 0 fully saturated rings. The highest BCUT2D eigenvalue weighted by Gasteiger charge is 2.29. The van der Waals surface area contributed by atoms with E-state index in [2.05, 4.69) is 4.74 Å². The number of carbonyl (C=O) groups is 1. The molecular formula is C12H15ClFNO4S. The number of sulfonamides is 1. The SMILES string of the molecule is COC(=O)CN(C(C)C)S(=O)(=O)c1ccc(F)c(Cl)c1. The fourth-order valence-electron chi connectivity index (χ4n) is 1.51. The average Bonchev–Trinajstić information content (AvgIpc) is 2.37. The summed E-state index contributed by atoms with van der Waals surface area (Å²) in [5.74, 6) is -1.40. The van der Waals surface area contributed by atoms with E-state index in [1.807, 2.05) is 0 Å². The molecule has 0 aliphatic carbocycles. The summed E-state index contributed by atoms with van der Waals surface area (Å²) in [5, 5.41) is -0.298. The number of ether oxygens (including phenoxy) is 1. The predicted octanol–water partition coefficient (Wildman–Crippen LogP) is 2.05. The van der Waals surface area contributed by atoms with Crippen molar-refractivity contribution in [1.82, 2.24) is 4.31 Å². The van der Waals surface area contributed by atoms with Crippen LogP contribution in [-0.4, -0.2) is 38.4 Å². The van der Waals surface area contributed by atoms with Crippen LogP contribution < -0.4 is 0 Å². The number of hydrogen-bond acceptors (Lipinski definition) is 4. The lowest BCUT2D eigenvalue weighted by atomic mass is 10.3. The van der Waals surface area contributed by atoms with Crippen LogP contribution in [0.1, 0.15) is 13.8 Å². The maximum absolute atomic E-state index is 13.1. The fourth-order valence-corrected chi connectivity index (χ4v) is 3.36. The Morgan fingerprint density at radius 3 is 2.50 bits per heavy atom. The summed E-state index contributed by atoms with van der Waals surface area (Å²) < 4.78 is 43.4. The summed E-state index contributed by atoms with van der Waals surface area (Å²) in [6.45, 7) is 2.81. The van der Waals surface area contributed by atoms with Gasteiger partial charge in [-0.05, 0) is 32.0 Å². The minimum absolute atomic E-state index is 0.179. The van der Waals surface area contributed by atoms with E-state index in [0.29, 0.717) is 0 Å². The van der Waals surface area contributed by atoms with Crippen molar-refractivity contribution in [3.8, 4) is 0 Å². The largest absolute Gasteiger partial charge is 0.468 e. The Morgan fingerprint density at radius 1 is 1.45 bits per heavy atom. The maximum atomic E-state index is 13.1. The van der Waals surface area contributed by atoms with Crippen LogP contribution in [0, 0.1) is 5.82 Å². The summed E-state index contributed by atoms with van der Waals surface area (Å²) in [4.78, 5) is 11.1. The molecule has 0 spiro atoms. The van der Waals surface area contributed by atoms with E-state index in [1.165, 1.54) is 7.11 Å². The Kier molecular flexibility index (Phi) is 5.50. The van der Waals surface area contributed by atoms with Gasteiger partial charge in [0.2, 0.25) is 10.0 Å². The predicted molar refractivity (Wildman–Crippen MR) is 72.5 cm³/mol. The average molecular weight is 324 g/mol. The molecule has 1 aromatic carbocycles. The third-order valence-electron chi connectivity index (χ3n) is 2.59. The number of rotatable bonds is 5. The molecule has 0 aliphatic rings. The van der Waals surface area contributed by atoms with Crippen molar-refractivity contribution in [2.45, 2.75) is 24.8 Å². The molecule has 0 N–H and O–H groups in total. The summed E-state index contributed by atoms with van der Waals surface area (Å²) >= 11 is 5.59. The van der Waals surface area contributed by atoms with Crippen LogP contribution in [-0.2, 0) is 19.6 Å². The van der Waals surface area contributed by atoms with E-state index in [9.17, 15) is 17.6 Å². The Bertz CT molecular complexity index is 603. The van der Waals surface area contributed by atoms with Gasteiger partial charge in [-0.25, -0.2) is 12.8 Å². The van der Waals surface area contributed by atoms with E-state index in [1.54, 1.807) is 13.8 Å². The zero-order valence-electron chi connectivity index (χ0n) is 11.3. The number of carbonyl (C=O) groups excluding carboxylic acids is 1. The molecule has 0 unspecified atom stereocenters. The highest BCUT2D eigenvalue weighted by molar-refractivity contribution is 7.89. The van der Waals surface area contributed by atoms with E-state index < -0.39 is 34.4 Å². The lowest BCUT2D eigenvalue weighted by molar-refractivity contribution is -0.141. The molecule has 0 aromatic heterocycles. The van der Waals surface area contributed by atoms with E-state index in [0.717, 1.165) is 22.5 Å². The second kappa shape index (κ2) is 6.51. The molecule has 1 rings (SSSR count). The normalized spacial score (nSPS) is 11.9. The summed E-state index contributed by atoms with van der Waals surface area (Å²) in [7, 11) is -2.79. The molecule has 0 atom stereocenters. The van der Waals surface area contributed by atoms with E-state index in [4.69, 9.17) is 11.6 Å². The Morgan fingerprint density at radius 2 is 2.05 bits per heavy atom. The second-order valence-corrected chi connectivity index (χ2v) is 6.59. The molecule has 0 saturated heterocycles. The first kappa shape index (κ1) is 16.9. The van der Waals surface area contributed by atoms with Crippen molar-refractivity contribution < 1.29 is 22.3 Å². The number of hydrogen-bond donors (Lipinski definition) is 0. The minimum Gasteiger partial charge on any atom is -0.468 e. The first-order valence-corrected chi connectivity index (χ1v) is 7.55. The Balaban J connectivity index is 3.22. The van der Waals surface area contributed by atoms with Crippen molar-refractivity contribution in [2.75, 3.05) is 13.7 Å². The standard InChI is InChI=1S/C12H15ClFNO4S/c1-8(2)15(7-12(16)19-3)20(17,18)9-4-5-11(14)10(13)6-9/h4-6,8H,7H2,1-3H3. The molecule has 0 bridgehead atoms. The molecule has 5 nitrogen and oxygen atoms in total. The van der Waals surface area contributed by atoms with Gasteiger partial charge in [-0.3, -0.25) is 4.79 Å². The second-order valence-electron chi connectivity index (χ2n) is 4.30. The summed E-state index contributed by atoms with van der Waals surface area (Å²) in [6, 6.07) is 2.61. The highest BCUT2D eigenvalue weighted by atomic mass is 35.5. The topological polar surface area (TPSA) is 63.7 Å². The van der Waals surface area contributed by atoms with E-state index >= 15 is 0 Å². The fraction of sp³-hybridized carbons (Fsp3) is 0.417. The van der Waals surface area contributed by atoms with Crippen LogP contribution in [0.25, 0.3) is 0 Å². The zero-order valence-corrected chi connectivity index (χ0v) is 12.8. The van der Waals surface area contributed by atoms with Crippen LogP contribution in [0.4, 0.5) is 4.39 Å². The smallest absolute Gasteiger partial charge is 0.321 e.